The van der Waals surface area contributed by atoms with Gasteiger partial charge in [0.15, 0.2) is 5.96 Å². The lowest BCUT2D eigenvalue weighted by Gasteiger charge is -2.23. The van der Waals surface area contributed by atoms with Crippen LogP contribution in [0.15, 0.2) is 22.5 Å². The van der Waals surface area contributed by atoms with Gasteiger partial charge in [0, 0.05) is 24.0 Å². The average molecular weight is 450 g/mol. The van der Waals surface area contributed by atoms with E-state index >= 15 is 0 Å². The summed E-state index contributed by atoms with van der Waals surface area (Å²) in [5.41, 5.74) is 0. The summed E-state index contributed by atoms with van der Waals surface area (Å²) in [6.07, 6.45) is 5.49. The number of aliphatic imine (C=N–C) groups is 1. The third kappa shape index (κ3) is 6.97. The number of thiophene rings is 1. The maximum absolute atomic E-state index is 4.73. The molecule has 0 amide bonds. The minimum absolute atomic E-state index is 0. The molecule has 1 heterocycles. The van der Waals surface area contributed by atoms with Crippen LogP contribution in [-0.4, -0.2) is 43.6 Å². The highest BCUT2D eigenvalue weighted by molar-refractivity contribution is 14.0. The van der Waals surface area contributed by atoms with Crippen LogP contribution in [-0.2, 0) is 0 Å². The van der Waals surface area contributed by atoms with E-state index in [2.05, 4.69) is 53.9 Å². The van der Waals surface area contributed by atoms with Crippen molar-refractivity contribution in [3.05, 3.63) is 22.4 Å². The molecule has 2 N–H and O–H groups in total. The topological polar surface area (TPSA) is 39.7 Å². The van der Waals surface area contributed by atoms with Gasteiger partial charge in [0.1, 0.15) is 0 Å². The molecule has 0 radical (unpaired) electrons. The van der Waals surface area contributed by atoms with Gasteiger partial charge in [0.25, 0.3) is 0 Å². The highest BCUT2D eigenvalue weighted by Gasteiger charge is 2.18. The van der Waals surface area contributed by atoms with Gasteiger partial charge >= 0.3 is 0 Å². The number of hydrogen-bond donors (Lipinski definition) is 2. The Labute approximate surface area is 162 Å². The fourth-order valence-corrected chi connectivity index (χ4v) is 3.72. The summed E-state index contributed by atoms with van der Waals surface area (Å²) in [5, 5.41) is 8.96. The largest absolute Gasteiger partial charge is 0.357 e. The smallest absolute Gasteiger partial charge is 0.191 e. The van der Waals surface area contributed by atoms with Gasteiger partial charge in [0.05, 0.1) is 12.6 Å². The fraction of sp³-hybridized carbons (Fsp3) is 0.706. The van der Waals surface area contributed by atoms with E-state index in [9.17, 15) is 0 Å². The second-order valence-electron chi connectivity index (χ2n) is 6.06. The first-order valence-corrected chi connectivity index (χ1v) is 9.37. The predicted molar refractivity (Wildman–Crippen MR) is 112 cm³/mol. The van der Waals surface area contributed by atoms with E-state index < -0.39 is 0 Å². The van der Waals surface area contributed by atoms with Crippen LogP contribution in [0.2, 0.25) is 0 Å². The van der Waals surface area contributed by atoms with Gasteiger partial charge in [-0.1, -0.05) is 18.9 Å². The molecule has 132 valence electrons. The molecule has 0 aromatic carbocycles. The molecule has 1 saturated carbocycles. The van der Waals surface area contributed by atoms with Crippen molar-refractivity contribution in [3.8, 4) is 0 Å². The number of rotatable bonds is 7. The predicted octanol–water partition coefficient (Wildman–Crippen LogP) is 3.86. The van der Waals surface area contributed by atoms with Gasteiger partial charge in [-0.2, -0.15) is 0 Å². The summed E-state index contributed by atoms with van der Waals surface area (Å²) in [6.45, 7) is 7.07. The Morgan fingerprint density at radius 1 is 1.43 bits per heavy atom. The van der Waals surface area contributed by atoms with Gasteiger partial charge in [-0.05, 0) is 45.2 Å². The van der Waals surface area contributed by atoms with Crippen LogP contribution < -0.4 is 10.6 Å². The van der Waals surface area contributed by atoms with E-state index in [1.807, 2.05) is 0 Å². The highest BCUT2D eigenvalue weighted by Crippen LogP contribution is 2.22. The van der Waals surface area contributed by atoms with Crippen molar-refractivity contribution in [3.63, 3.8) is 0 Å². The fourth-order valence-electron chi connectivity index (χ4n) is 2.98. The number of halogens is 1. The molecule has 0 bridgehead atoms. The lowest BCUT2D eigenvalue weighted by Crippen LogP contribution is -2.39. The second kappa shape index (κ2) is 11.3. The van der Waals surface area contributed by atoms with Crippen LogP contribution >= 0.6 is 35.3 Å². The van der Waals surface area contributed by atoms with Crippen molar-refractivity contribution in [1.82, 2.24) is 15.5 Å². The Bertz CT molecular complexity index is 443. The maximum Gasteiger partial charge on any atom is 0.191 e. The third-order valence-corrected chi connectivity index (χ3v) is 5.39. The molecule has 6 heteroatoms. The maximum atomic E-state index is 4.73. The zero-order valence-electron chi connectivity index (χ0n) is 14.5. The first-order valence-electron chi connectivity index (χ1n) is 8.49. The Balaban J connectivity index is 0.00000264. The SMILES string of the molecule is CCNC(=NCCN(C)C1CCCC1)NC(C)c1cccs1.I. The average Bonchev–Trinajstić information content (AvgIpc) is 3.20. The van der Waals surface area contributed by atoms with Crippen LogP contribution in [0.3, 0.4) is 0 Å². The van der Waals surface area contributed by atoms with Gasteiger partial charge < -0.3 is 15.5 Å². The van der Waals surface area contributed by atoms with Crippen LogP contribution in [0.25, 0.3) is 0 Å². The molecule has 23 heavy (non-hydrogen) atoms. The summed E-state index contributed by atoms with van der Waals surface area (Å²) in [6, 6.07) is 5.33. The van der Waals surface area contributed by atoms with Crippen LogP contribution in [0.1, 0.15) is 50.4 Å². The molecule has 1 aliphatic rings. The Hall–Kier alpha value is -0.340. The van der Waals surface area contributed by atoms with E-state index in [-0.39, 0.29) is 24.0 Å². The summed E-state index contributed by atoms with van der Waals surface area (Å²) in [5.74, 6) is 0.920. The van der Waals surface area contributed by atoms with Crippen molar-refractivity contribution in [2.45, 2.75) is 51.6 Å². The van der Waals surface area contributed by atoms with Crippen molar-refractivity contribution in [2.75, 3.05) is 26.7 Å². The molecular formula is C17H31IN4S. The summed E-state index contributed by atoms with van der Waals surface area (Å²) in [4.78, 5) is 8.55. The van der Waals surface area contributed by atoms with Crippen molar-refractivity contribution >= 4 is 41.3 Å². The standard InChI is InChI=1S/C17H30N4S.HI/c1-4-18-17(20-14(2)16-10-7-13-22-16)19-11-12-21(3)15-8-5-6-9-15;/h7,10,13-15H,4-6,8-9,11-12H2,1-3H3,(H2,18,19,20);1H. The van der Waals surface area contributed by atoms with E-state index in [1.165, 1.54) is 30.6 Å². The van der Waals surface area contributed by atoms with E-state index in [0.717, 1.165) is 31.6 Å². The molecule has 1 fully saturated rings. The molecule has 1 aromatic heterocycles. The lowest BCUT2D eigenvalue weighted by molar-refractivity contribution is 0.252. The molecule has 1 unspecified atom stereocenters. The quantitative estimate of drug-likeness (QED) is 0.377. The first kappa shape index (κ1) is 20.7. The number of nitrogens with one attached hydrogen (secondary N) is 2. The van der Waals surface area contributed by atoms with E-state index in [1.54, 1.807) is 11.3 Å². The van der Waals surface area contributed by atoms with E-state index in [4.69, 9.17) is 4.99 Å². The highest BCUT2D eigenvalue weighted by atomic mass is 127. The van der Waals surface area contributed by atoms with Gasteiger partial charge in [0.2, 0.25) is 0 Å². The van der Waals surface area contributed by atoms with Crippen molar-refractivity contribution in [2.24, 2.45) is 4.99 Å². The number of guanidine groups is 1. The molecule has 1 atom stereocenters. The normalized spacial score (nSPS) is 17.1. The minimum Gasteiger partial charge on any atom is -0.357 e. The Morgan fingerprint density at radius 2 is 2.17 bits per heavy atom. The third-order valence-electron chi connectivity index (χ3n) is 4.34. The molecule has 4 nitrogen and oxygen atoms in total. The van der Waals surface area contributed by atoms with Crippen molar-refractivity contribution in [1.29, 1.82) is 0 Å². The molecule has 0 spiro atoms. The second-order valence-corrected chi connectivity index (χ2v) is 7.04. The monoisotopic (exact) mass is 450 g/mol. The first-order chi connectivity index (χ1) is 10.7. The molecule has 0 aliphatic heterocycles. The molecule has 0 saturated heterocycles. The lowest BCUT2D eigenvalue weighted by atomic mass is 10.2. The van der Waals surface area contributed by atoms with Crippen LogP contribution in [0.4, 0.5) is 0 Å². The van der Waals surface area contributed by atoms with Crippen LogP contribution in [0, 0.1) is 0 Å². The summed E-state index contributed by atoms with van der Waals surface area (Å²) < 4.78 is 0. The Morgan fingerprint density at radius 3 is 2.78 bits per heavy atom. The number of hydrogen-bond acceptors (Lipinski definition) is 3. The van der Waals surface area contributed by atoms with Gasteiger partial charge in [-0.3, -0.25) is 4.99 Å². The molecule has 1 aliphatic carbocycles. The summed E-state index contributed by atoms with van der Waals surface area (Å²) in [7, 11) is 2.24. The van der Waals surface area contributed by atoms with Gasteiger partial charge in [-0.25, -0.2) is 0 Å². The van der Waals surface area contributed by atoms with E-state index in [0.29, 0.717) is 6.04 Å². The Kier molecular flexibility index (Phi) is 10.1. The van der Waals surface area contributed by atoms with Crippen LogP contribution in [0.5, 0.6) is 0 Å². The minimum atomic E-state index is 0. The zero-order chi connectivity index (χ0) is 15.8. The number of likely N-dealkylation sites (N-methyl/N-ethyl adjacent to an activating group) is 1. The molecule has 2 rings (SSSR count). The summed E-state index contributed by atoms with van der Waals surface area (Å²) >= 11 is 1.78. The zero-order valence-corrected chi connectivity index (χ0v) is 17.7. The van der Waals surface area contributed by atoms with Crippen molar-refractivity contribution < 1.29 is 0 Å². The number of nitrogens with zero attached hydrogens (tertiary/aromatic N) is 2. The molecular weight excluding hydrogens is 419 g/mol. The molecule has 1 aromatic rings. The van der Waals surface area contributed by atoms with Gasteiger partial charge in [-0.15, -0.1) is 35.3 Å².